The highest BCUT2D eigenvalue weighted by Crippen LogP contribution is 2.48. The lowest BCUT2D eigenvalue weighted by Crippen LogP contribution is -2.59. The number of hydrogen-bond donors (Lipinski definition) is 2. The van der Waals surface area contributed by atoms with Crippen molar-refractivity contribution in [3.8, 4) is 0 Å². The fourth-order valence-corrected chi connectivity index (χ4v) is 3.86. The van der Waals surface area contributed by atoms with Crippen LogP contribution in [-0.4, -0.2) is 22.2 Å². The minimum absolute atomic E-state index is 0.0760. The summed E-state index contributed by atoms with van der Waals surface area (Å²) in [4.78, 5) is 12.3. The third-order valence-corrected chi connectivity index (χ3v) is 5.73. The predicted molar refractivity (Wildman–Crippen MR) is 81.9 cm³/mol. The van der Waals surface area contributed by atoms with Gasteiger partial charge in [0.1, 0.15) is 6.61 Å². The monoisotopic (exact) mass is 306 g/mol. The highest BCUT2D eigenvalue weighted by Gasteiger charge is 2.49. The van der Waals surface area contributed by atoms with Gasteiger partial charge < -0.3 is 14.9 Å². The molecule has 2 aliphatic carbocycles. The molecule has 122 valence electrons. The quantitative estimate of drug-likeness (QED) is 0.876. The predicted octanol–water partition coefficient (Wildman–Crippen LogP) is 2.43. The Bertz CT molecular complexity index is 532. The van der Waals surface area contributed by atoms with Crippen LogP contribution < -0.4 is 5.32 Å². The molecule has 0 spiro atoms. The summed E-state index contributed by atoms with van der Waals surface area (Å²) in [5, 5.41) is 16.3. The molecule has 1 aromatic heterocycles. The van der Waals surface area contributed by atoms with E-state index in [0.717, 1.165) is 31.4 Å². The Morgan fingerprint density at radius 2 is 2.18 bits per heavy atom. The van der Waals surface area contributed by atoms with Gasteiger partial charge in [0.2, 0.25) is 5.91 Å². The normalized spacial score (nSPS) is 27.6. The van der Waals surface area contributed by atoms with Crippen molar-refractivity contribution in [3.05, 3.63) is 17.5 Å². The molecule has 0 aromatic carbocycles. The smallest absolute Gasteiger partial charge is 0.223 e. The number of amides is 1. The summed E-state index contributed by atoms with van der Waals surface area (Å²) >= 11 is 0. The summed E-state index contributed by atoms with van der Waals surface area (Å²) in [6.07, 6.45) is 6.30. The van der Waals surface area contributed by atoms with E-state index >= 15 is 0 Å². The Morgan fingerprint density at radius 3 is 2.77 bits per heavy atom. The standard InChI is InChI=1S/C17H26N2O3/c1-17(2)12(7-13-9-14(10-20)22-19-13)8-15(17)18-16(21)11-5-3-4-6-11/h9,11-12,15,20H,3-8,10H2,1-2H3,(H,18,21)/t12-,15+/m1/s1. The zero-order valence-electron chi connectivity index (χ0n) is 13.5. The van der Waals surface area contributed by atoms with Gasteiger partial charge in [-0.15, -0.1) is 0 Å². The lowest BCUT2D eigenvalue weighted by Gasteiger charge is -2.52. The van der Waals surface area contributed by atoms with E-state index in [9.17, 15) is 4.79 Å². The molecule has 0 bridgehead atoms. The third kappa shape index (κ3) is 2.91. The molecule has 0 unspecified atom stereocenters. The molecule has 2 aliphatic rings. The van der Waals surface area contributed by atoms with Crippen LogP contribution in [0.4, 0.5) is 0 Å². The minimum Gasteiger partial charge on any atom is -0.388 e. The zero-order valence-corrected chi connectivity index (χ0v) is 13.5. The largest absolute Gasteiger partial charge is 0.388 e. The van der Waals surface area contributed by atoms with E-state index in [1.807, 2.05) is 6.07 Å². The fourth-order valence-electron chi connectivity index (χ4n) is 3.86. The van der Waals surface area contributed by atoms with E-state index in [0.29, 0.717) is 11.7 Å². The Balaban J connectivity index is 1.53. The molecular formula is C17H26N2O3. The van der Waals surface area contributed by atoms with Crippen molar-refractivity contribution in [3.63, 3.8) is 0 Å². The van der Waals surface area contributed by atoms with E-state index < -0.39 is 0 Å². The molecule has 0 saturated heterocycles. The van der Waals surface area contributed by atoms with E-state index in [-0.39, 0.29) is 29.9 Å². The lowest BCUT2D eigenvalue weighted by atomic mass is 9.57. The molecule has 1 heterocycles. The van der Waals surface area contributed by atoms with E-state index in [1.54, 1.807) is 0 Å². The van der Waals surface area contributed by atoms with Gasteiger partial charge in [0, 0.05) is 18.0 Å². The zero-order chi connectivity index (χ0) is 15.7. The Kier molecular flexibility index (Phi) is 4.26. The van der Waals surface area contributed by atoms with Gasteiger partial charge in [-0.3, -0.25) is 4.79 Å². The molecule has 5 nitrogen and oxygen atoms in total. The lowest BCUT2D eigenvalue weighted by molar-refractivity contribution is -0.129. The molecule has 1 amide bonds. The van der Waals surface area contributed by atoms with Gasteiger partial charge in [-0.1, -0.05) is 31.8 Å². The molecule has 3 rings (SSSR count). The van der Waals surface area contributed by atoms with Gasteiger partial charge in [0.05, 0.1) is 5.69 Å². The maximum absolute atomic E-state index is 12.3. The number of carbonyl (C=O) groups is 1. The average molecular weight is 306 g/mol. The van der Waals surface area contributed by atoms with Gasteiger partial charge in [0.25, 0.3) is 0 Å². The number of hydrogen-bond acceptors (Lipinski definition) is 4. The number of nitrogens with zero attached hydrogens (tertiary/aromatic N) is 1. The highest BCUT2D eigenvalue weighted by atomic mass is 16.5. The second-order valence-electron chi connectivity index (χ2n) is 7.44. The highest BCUT2D eigenvalue weighted by molar-refractivity contribution is 5.79. The molecule has 2 saturated carbocycles. The van der Waals surface area contributed by atoms with Crippen molar-refractivity contribution < 1.29 is 14.4 Å². The van der Waals surface area contributed by atoms with Gasteiger partial charge in [0.15, 0.2) is 5.76 Å². The molecule has 1 aromatic rings. The van der Waals surface area contributed by atoms with Gasteiger partial charge in [-0.2, -0.15) is 0 Å². The SMILES string of the molecule is CC1(C)[C@H](Cc2cc(CO)on2)C[C@@H]1NC(=O)C1CCCC1. The van der Waals surface area contributed by atoms with Crippen LogP contribution in [0.25, 0.3) is 0 Å². The number of aliphatic hydroxyl groups is 1. The van der Waals surface area contributed by atoms with Crippen LogP contribution in [0.15, 0.2) is 10.6 Å². The topological polar surface area (TPSA) is 75.4 Å². The number of rotatable bonds is 5. The van der Waals surface area contributed by atoms with Gasteiger partial charge >= 0.3 is 0 Å². The second kappa shape index (κ2) is 6.03. The number of aromatic nitrogens is 1. The molecule has 2 N–H and O–H groups in total. The molecule has 0 radical (unpaired) electrons. The fraction of sp³-hybridized carbons (Fsp3) is 0.765. The summed E-state index contributed by atoms with van der Waals surface area (Å²) in [5.41, 5.74) is 0.967. The first kappa shape index (κ1) is 15.5. The van der Waals surface area contributed by atoms with Gasteiger partial charge in [-0.05, 0) is 37.0 Å². The summed E-state index contributed by atoms with van der Waals surface area (Å²) in [6, 6.07) is 2.08. The number of nitrogens with one attached hydrogen (secondary N) is 1. The second-order valence-corrected chi connectivity index (χ2v) is 7.44. The number of carbonyl (C=O) groups excluding carboxylic acids is 1. The van der Waals surface area contributed by atoms with Crippen molar-refractivity contribution >= 4 is 5.91 Å². The van der Waals surface area contributed by atoms with Crippen LogP contribution in [0.2, 0.25) is 0 Å². The number of aliphatic hydroxyl groups excluding tert-OH is 1. The Morgan fingerprint density at radius 1 is 1.45 bits per heavy atom. The van der Waals surface area contributed by atoms with E-state index in [4.69, 9.17) is 9.63 Å². The summed E-state index contributed by atoms with van der Waals surface area (Å²) < 4.78 is 5.04. The average Bonchev–Trinajstić information content (AvgIpc) is 3.17. The van der Waals surface area contributed by atoms with E-state index in [1.165, 1.54) is 12.8 Å². The van der Waals surface area contributed by atoms with Crippen molar-refractivity contribution in [1.29, 1.82) is 0 Å². The molecule has 5 heteroatoms. The summed E-state index contributed by atoms with van der Waals surface area (Å²) in [5.74, 6) is 1.48. The Hall–Kier alpha value is -1.36. The summed E-state index contributed by atoms with van der Waals surface area (Å²) in [7, 11) is 0. The first-order valence-corrected chi connectivity index (χ1v) is 8.36. The van der Waals surface area contributed by atoms with Crippen LogP contribution in [0.5, 0.6) is 0 Å². The Labute approximate surface area is 131 Å². The molecule has 2 atom stereocenters. The van der Waals surface area contributed by atoms with Crippen molar-refractivity contribution in [2.24, 2.45) is 17.3 Å². The summed E-state index contributed by atoms with van der Waals surface area (Å²) in [6.45, 7) is 4.32. The molecular weight excluding hydrogens is 280 g/mol. The van der Waals surface area contributed by atoms with Gasteiger partial charge in [-0.25, -0.2) is 0 Å². The molecule has 0 aliphatic heterocycles. The van der Waals surface area contributed by atoms with Crippen molar-refractivity contribution in [2.75, 3.05) is 0 Å². The van der Waals surface area contributed by atoms with Crippen LogP contribution in [0, 0.1) is 17.3 Å². The van der Waals surface area contributed by atoms with Crippen molar-refractivity contribution in [1.82, 2.24) is 10.5 Å². The third-order valence-electron chi connectivity index (χ3n) is 5.73. The molecule has 22 heavy (non-hydrogen) atoms. The van der Waals surface area contributed by atoms with E-state index in [2.05, 4.69) is 24.3 Å². The van der Waals surface area contributed by atoms with Crippen LogP contribution in [0.3, 0.4) is 0 Å². The first-order valence-electron chi connectivity index (χ1n) is 8.36. The minimum atomic E-state index is -0.110. The van der Waals surface area contributed by atoms with Crippen LogP contribution in [0.1, 0.15) is 57.4 Å². The maximum atomic E-state index is 12.3. The van der Waals surface area contributed by atoms with Crippen LogP contribution in [-0.2, 0) is 17.8 Å². The van der Waals surface area contributed by atoms with Crippen LogP contribution >= 0.6 is 0 Å². The molecule has 2 fully saturated rings. The van der Waals surface area contributed by atoms with Crippen molar-refractivity contribution in [2.45, 2.75) is 65.0 Å². The first-order chi connectivity index (χ1) is 10.5. The maximum Gasteiger partial charge on any atom is 0.223 e.